The van der Waals surface area contributed by atoms with Crippen LogP contribution in [0.2, 0.25) is 0 Å². The summed E-state index contributed by atoms with van der Waals surface area (Å²) in [7, 11) is 1.66. The Bertz CT molecular complexity index is 726. The normalized spacial score (nSPS) is 12.2. The second kappa shape index (κ2) is 7.24. The molecule has 5 nitrogen and oxygen atoms in total. The number of nitrogens with zero attached hydrogens (tertiary/aromatic N) is 1. The van der Waals surface area contributed by atoms with Gasteiger partial charge in [-0.2, -0.15) is 0 Å². The molecule has 2 aromatic rings. The van der Waals surface area contributed by atoms with E-state index in [-0.39, 0.29) is 11.8 Å². The van der Waals surface area contributed by atoms with E-state index >= 15 is 0 Å². The molecule has 0 radical (unpaired) electrons. The smallest absolute Gasteiger partial charge is 0.258 e. The SMILES string of the molecule is COc1c(C)cnc(CCl)c1C.O=C1NC(=O)c2ccccc21. The minimum absolute atomic E-state index is 0.300. The predicted molar refractivity (Wildman–Crippen MR) is 88.1 cm³/mol. The van der Waals surface area contributed by atoms with Crippen LogP contribution >= 0.6 is 11.6 Å². The van der Waals surface area contributed by atoms with E-state index in [1.165, 1.54) is 0 Å². The Morgan fingerprint density at radius 2 is 1.70 bits per heavy atom. The molecule has 0 fully saturated rings. The third-order valence-electron chi connectivity index (χ3n) is 3.52. The van der Waals surface area contributed by atoms with Gasteiger partial charge in [0.25, 0.3) is 11.8 Å². The number of methoxy groups -OCH3 is 1. The van der Waals surface area contributed by atoms with Crippen molar-refractivity contribution in [1.29, 1.82) is 0 Å². The fourth-order valence-corrected chi connectivity index (χ4v) is 2.59. The van der Waals surface area contributed by atoms with Crippen LogP contribution in [0.3, 0.4) is 0 Å². The van der Waals surface area contributed by atoms with Crippen LogP contribution in [-0.2, 0) is 5.88 Å². The number of benzene rings is 1. The molecule has 2 heterocycles. The molecule has 1 aliphatic rings. The van der Waals surface area contributed by atoms with Crippen LogP contribution in [0, 0.1) is 13.8 Å². The lowest BCUT2D eigenvalue weighted by molar-refractivity contribution is 0.0879. The van der Waals surface area contributed by atoms with Gasteiger partial charge in [-0.3, -0.25) is 19.9 Å². The summed E-state index contributed by atoms with van der Waals surface area (Å²) >= 11 is 5.70. The van der Waals surface area contributed by atoms with Crippen LogP contribution in [0.4, 0.5) is 0 Å². The topological polar surface area (TPSA) is 68.3 Å². The van der Waals surface area contributed by atoms with E-state index in [9.17, 15) is 9.59 Å². The van der Waals surface area contributed by atoms with Crippen LogP contribution in [0.5, 0.6) is 5.75 Å². The van der Waals surface area contributed by atoms with Gasteiger partial charge in [0.15, 0.2) is 0 Å². The van der Waals surface area contributed by atoms with Gasteiger partial charge < -0.3 is 4.74 Å². The first kappa shape index (κ1) is 17.0. The lowest BCUT2D eigenvalue weighted by Gasteiger charge is -2.09. The maximum absolute atomic E-state index is 10.9. The van der Waals surface area contributed by atoms with Crippen LogP contribution in [0.15, 0.2) is 30.5 Å². The highest BCUT2D eigenvalue weighted by Crippen LogP contribution is 2.24. The molecule has 1 N–H and O–H groups in total. The van der Waals surface area contributed by atoms with Gasteiger partial charge >= 0.3 is 0 Å². The number of alkyl halides is 1. The van der Waals surface area contributed by atoms with Crippen molar-refractivity contribution in [3.8, 4) is 5.75 Å². The van der Waals surface area contributed by atoms with Gasteiger partial charge in [-0.25, -0.2) is 0 Å². The van der Waals surface area contributed by atoms with E-state index < -0.39 is 0 Å². The lowest BCUT2D eigenvalue weighted by atomic mass is 10.1. The van der Waals surface area contributed by atoms with Gasteiger partial charge in [-0.15, -0.1) is 11.6 Å². The fourth-order valence-electron chi connectivity index (χ4n) is 2.32. The molecule has 0 unspecified atom stereocenters. The zero-order valence-electron chi connectivity index (χ0n) is 13.1. The van der Waals surface area contributed by atoms with Crippen molar-refractivity contribution >= 4 is 23.4 Å². The number of aryl methyl sites for hydroxylation is 1. The summed E-state index contributed by atoms with van der Waals surface area (Å²) in [6, 6.07) is 6.74. The molecule has 3 rings (SSSR count). The Balaban J connectivity index is 0.000000167. The number of hydrogen-bond acceptors (Lipinski definition) is 4. The molecular weight excluding hydrogens is 316 g/mol. The zero-order valence-corrected chi connectivity index (χ0v) is 13.9. The number of nitrogens with one attached hydrogen (secondary N) is 1. The molecule has 2 amide bonds. The van der Waals surface area contributed by atoms with E-state index in [4.69, 9.17) is 16.3 Å². The number of imide groups is 1. The molecule has 23 heavy (non-hydrogen) atoms. The van der Waals surface area contributed by atoms with Gasteiger partial charge in [0.05, 0.1) is 29.8 Å². The summed E-state index contributed by atoms with van der Waals surface area (Å²) in [5.41, 5.74) is 3.91. The van der Waals surface area contributed by atoms with Crippen LogP contribution in [0.25, 0.3) is 0 Å². The first-order chi connectivity index (χ1) is 11.0. The van der Waals surface area contributed by atoms with Crippen molar-refractivity contribution in [1.82, 2.24) is 10.3 Å². The number of hydrogen-bond donors (Lipinski definition) is 1. The zero-order chi connectivity index (χ0) is 17.0. The van der Waals surface area contributed by atoms with Crippen LogP contribution in [0.1, 0.15) is 37.5 Å². The number of fused-ring (bicyclic) bond motifs is 1. The largest absolute Gasteiger partial charge is 0.496 e. The molecule has 1 aromatic carbocycles. The van der Waals surface area contributed by atoms with Crippen LogP contribution in [-0.4, -0.2) is 23.9 Å². The molecule has 0 saturated carbocycles. The number of amides is 2. The van der Waals surface area contributed by atoms with E-state index in [0.29, 0.717) is 17.0 Å². The minimum Gasteiger partial charge on any atom is -0.496 e. The average molecular weight is 333 g/mol. The van der Waals surface area contributed by atoms with Gasteiger partial charge in [0, 0.05) is 17.3 Å². The standard InChI is InChI=1S/C9H12ClNO.C8H5NO2/c1-6-5-11-8(4-10)7(2)9(6)12-3;10-7-5-3-1-2-4-6(5)8(11)9-7/h5H,4H2,1-3H3;1-4H,(H,9,10,11). The quantitative estimate of drug-likeness (QED) is 0.678. The number of pyridine rings is 1. The van der Waals surface area contributed by atoms with E-state index in [1.54, 1.807) is 37.6 Å². The van der Waals surface area contributed by atoms with Gasteiger partial charge in [0.2, 0.25) is 0 Å². The average Bonchev–Trinajstić information content (AvgIpc) is 2.84. The minimum atomic E-state index is -0.300. The van der Waals surface area contributed by atoms with Crippen molar-refractivity contribution in [3.63, 3.8) is 0 Å². The number of carbonyl (C=O) groups excluding carboxylic acids is 2. The summed E-state index contributed by atoms with van der Waals surface area (Å²) in [5, 5.41) is 2.20. The number of ether oxygens (including phenoxy) is 1. The number of halogens is 1. The van der Waals surface area contributed by atoms with E-state index in [2.05, 4.69) is 10.3 Å². The number of rotatable bonds is 2. The molecule has 0 spiro atoms. The van der Waals surface area contributed by atoms with Crippen molar-refractivity contribution in [3.05, 3.63) is 58.4 Å². The summed E-state index contributed by atoms with van der Waals surface area (Å²) in [6.07, 6.45) is 1.78. The highest BCUT2D eigenvalue weighted by molar-refractivity contribution is 6.21. The molecule has 1 aliphatic heterocycles. The van der Waals surface area contributed by atoms with Crippen LogP contribution < -0.4 is 10.1 Å². The molecular formula is C17H17ClN2O3. The Kier molecular flexibility index (Phi) is 5.34. The van der Waals surface area contributed by atoms with Gasteiger partial charge in [-0.1, -0.05) is 12.1 Å². The number of carbonyl (C=O) groups is 2. The summed E-state index contributed by atoms with van der Waals surface area (Å²) in [6.45, 7) is 3.94. The molecule has 0 saturated heterocycles. The molecule has 0 atom stereocenters. The van der Waals surface area contributed by atoms with Crippen molar-refractivity contribution in [2.24, 2.45) is 0 Å². The Morgan fingerprint density at radius 3 is 2.17 bits per heavy atom. The molecule has 1 aromatic heterocycles. The van der Waals surface area contributed by atoms with Crippen molar-refractivity contribution in [2.45, 2.75) is 19.7 Å². The molecule has 6 heteroatoms. The molecule has 0 bridgehead atoms. The number of aromatic nitrogens is 1. The fraction of sp³-hybridized carbons (Fsp3) is 0.235. The summed E-state index contributed by atoms with van der Waals surface area (Å²) in [5.74, 6) is 0.722. The first-order valence-electron chi connectivity index (χ1n) is 6.99. The Hall–Kier alpha value is -2.40. The maximum Gasteiger partial charge on any atom is 0.258 e. The second-order valence-electron chi connectivity index (χ2n) is 5.01. The second-order valence-corrected chi connectivity index (χ2v) is 5.28. The third-order valence-corrected chi connectivity index (χ3v) is 3.77. The maximum atomic E-state index is 10.9. The monoisotopic (exact) mass is 332 g/mol. The van der Waals surface area contributed by atoms with Gasteiger partial charge in [-0.05, 0) is 26.0 Å². The molecule has 120 valence electrons. The lowest BCUT2D eigenvalue weighted by Crippen LogP contribution is -2.19. The van der Waals surface area contributed by atoms with Gasteiger partial charge in [0.1, 0.15) is 5.75 Å². The predicted octanol–water partition coefficient (Wildman–Crippen LogP) is 3.02. The van der Waals surface area contributed by atoms with Crippen molar-refractivity contribution < 1.29 is 14.3 Å². The Labute approximate surface area is 139 Å². The van der Waals surface area contributed by atoms with Crippen molar-refractivity contribution in [2.75, 3.05) is 7.11 Å². The summed E-state index contributed by atoms with van der Waals surface area (Å²) in [4.78, 5) is 26.1. The Morgan fingerprint density at radius 1 is 1.13 bits per heavy atom. The van der Waals surface area contributed by atoms with E-state index in [1.807, 2.05) is 13.8 Å². The highest BCUT2D eigenvalue weighted by atomic mass is 35.5. The first-order valence-corrected chi connectivity index (χ1v) is 7.52. The third kappa shape index (κ3) is 3.51. The summed E-state index contributed by atoms with van der Waals surface area (Å²) < 4.78 is 5.22. The molecule has 0 aliphatic carbocycles. The highest BCUT2D eigenvalue weighted by Gasteiger charge is 2.25. The van der Waals surface area contributed by atoms with E-state index in [0.717, 1.165) is 22.6 Å².